The molecular weight excluding hydrogens is 260 g/mol. The highest BCUT2D eigenvalue weighted by atomic mass is 32.1. The number of anilines is 1. The molecule has 102 valence electrons. The second-order valence-corrected chi connectivity index (χ2v) is 5.14. The van der Waals surface area contributed by atoms with Gasteiger partial charge in [-0.25, -0.2) is 4.98 Å². The number of hydrogen-bond acceptors (Lipinski definition) is 4. The zero-order valence-electron chi connectivity index (χ0n) is 10.7. The number of aromatic nitrogens is 1. The number of nitrogens with two attached hydrogens (primary N) is 2. The van der Waals surface area contributed by atoms with E-state index in [9.17, 15) is 4.79 Å². The van der Waals surface area contributed by atoms with Gasteiger partial charge in [0.1, 0.15) is 10.8 Å². The zero-order chi connectivity index (χ0) is 13.8. The van der Waals surface area contributed by atoms with Crippen molar-refractivity contribution in [3.8, 4) is 0 Å². The predicted molar refractivity (Wildman–Crippen MR) is 79.1 cm³/mol. The smallest absolute Gasteiger partial charge is 0.219 e. The normalized spacial score (nSPS) is 13.7. The summed E-state index contributed by atoms with van der Waals surface area (Å²) in [6, 6.07) is 2.02. The molecule has 6 heteroatoms. The van der Waals surface area contributed by atoms with Gasteiger partial charge >= 0.3 is 0 Å². The van der Waals surface area contributed by atoms with Crippen molar-refractivity contribution in [2.45, 2.75) is 32.1 Å². The summed E-state index contributed by atoms with van der Waals surface area (Å²) in [6.45, 7) is 0.441. The summed E-state index contributed by atoms with van der Waals surface area (Å²) in [5.74, 6) is 0.316. The summed E-state index contributed by atoms with van der Waals surface area (Å²) in [5.41, 5.74) is 13.9. The lowest BCUT2D eigenvalue weighted by Crippen LogP contribution is -2.20. The third-order valence-electron chi connectivity index (χ3n) is 3.23. The Balaban J connectivity index is 2.24. The van der Waals surface area contributed by atoms with E-state index in [0.29, 0.717) is 17.4 Å². The molecule has 0 aromatic carbocycles. The molecule has 2 rings (SSSR count). The Labute approximate surface area is 117 Å². The molecule has 1 amide bonds. The molecule has 0 aliphatic heterocycles. The standard InChI is InChI=1S/C13H18N4OS/c14-11(18)5-6-16-13-9(12(15)19)7-8-3-1-2-4-10(8)17-13/h7H,1-6H2,(H2,14,18)(H2,15,19)(H,16,17). The number of carbonyl (C=O) groups is 1. The van der Waals surface area contributed by atoms with Crippen LogP contribution in [0.15, 0.2) is 6.07 Å². The first-order valence-corrected chi connectivity index (χ1v) is 6.83. The molecule has 1 aromatic rings. The average molecular weight is 278 g/mol. The fraction of sp³-hybridized carbons (Fsp3) is 0.462. The van der Waals surface area contributed by atoms with E-state index < -0.39 is 0 Å². The maximum absolute atomic E-state index is 10.8. The van der Waals surface area contributed by atoms with Gasteiger partial charge in [-0.2, -0.15) is 0 Å². The highest BCUT2D eigenvalue weighted by Crippen LogP contribution is 2.24. The molecule has 0 saturated heterocycles. The van der Waals surface area contributed by atoms with Crippen molar-refractivity contribution in [2.75, 3.05) is 11.9 Å². The van der Waals surface area contributed by atoms with Crippen LogP contribution >= 0.6 is 12.2 Å². The van der Waals surface area contributed by atoms with Gasteiger partial charge in [0.25, 0.3) is 0 Å². The maximum Gasteiger partial charge on any atom is 0.219 e. The van der Waals surface area contributed by atoms with E-state index in [4.69, 9.17) is 23.7 Å². The third kappa shape index (κ3) is 3.41. The first-order chi connectivity index (χ1) is 9.08. The third-order valence-corrected chi connectivity index (χ3v) is 3.45. The Morgan fingerprint density at radius 1 is 1.37 bits per heavy atom. The van der Waals surface area contributed by atoms with E-state index >= 15 is 0 Å². The summed E-state index contributed by atoms with van der Waals surface area (Å²) >= 11 is 5.06. The van der Waals surface area contributed by atoms with E-state index in [1.807, 2.05) is 6.07 Å². The number of fused-ring (bicyclic) bond motifs is 1. The van der Waals surface area contributed by atoms with Gasteiger partial charge in [0, 0.05) is 18.7 Å². The van der Waals surface area contributed by atoms with Gasteiger partial charge in [-0.1, -0.05) is 12.2 Å². The van der Waals surface area contributed by atoms with E-state index in [2.05, 4.69) is 10.3 Å². The number of rotatable bonds is 5. The molecule has 0 unspecified atom stereocenters. The zero-order valence-corrected chi connectivity index (χ0v) is 11.6. The summed E-state index contributed by atoms with van der Waals surface area (Å²) < 4.78 is 0. The molecule has 1 aliphatic rings. The van der Waals surface area contributed by atoms with Crippen LogP contribution in [0.4, 0.5) is 5.82 Å². The quantitative estimate of drug-likeness (QED) is 0.695. The van der Waals surface area contributed by atoms with Crippen LogP contribution in [0.1, 0.15) is 36.1 Å². The molecule has 0 bridgehead atoms. The molecule has 5 nitrogen and oxygen atoms in total. The number of primary amides is 1. The Morgan fingerprint density at radius 3 is 2.79 bits per heavy atom. The topological polar surface area (TPSA) is 94.0 Å². The molecule has 0 spiro atoms. The van der Waals surface area contributed by atoms with Crippen LogP contribution < -0.4 is 16.8 Å². The lowest BCUT2D eigenvalue weighted by atomic mass is 9.94. The highest BCUT2D eigenvalue weighted by Gasteiger charge is 2.16. The van der Waals surface area contributed by atoms with Crippen molar-refractivity contribution in [2.24, 2.45) is 11.5 Å². The van der Waals surface area contributed by atoms with Gasteiger partial charge in [0.15, 0.2) is 0 Å². The van der Waals surface area contributed by atoms with Gasteiger partial charge < -0.3 is 16.8 Å². The van der Waals surface area contributed by atoms with Crippen LogP contribution in [0.3, 0.4) is 0 Å². The van der Waals surface area contributed by atoms with Crippen LogP contribution in [0.5, 0.6) is 0 Å². The molecule has 1 aliphatic carbocycles. The monoisotopic (exact) mass is 278 g/mol. The van der Waals surface area contributed by atoms with Gasteiger partial charge in [-0.3, -0.25) is 4.79 Å². The lowest BCUT2D eigenvalue weighted by molar-refractivity contribution is -0.117. The number of hydrogen-bond donors (Lipinski definition) is 3. The Hall–Kier alpha value is -1.69. The molecule has 0 radical (unpaired) electrons. The first-order valence-electron chi connectivity index (χ1n) is 6.42. The number of carbonyl (C=O) groups excluding carboxylic acids is 1. The highest BCUT2D eigenvalue weighted by molar-refractivity contribution is 7.80. The molecule has 19 heavy (non-hydrogen) atoms. The van der Waals surface area contributed by atoms with Crippen molar-refractivity contribution < 1.29 is 4.79 Å². The number of nitrogens with one attached hydrogen (secondary N) is 1. The Kier molecular flexibility index (Phi) is 4.31. The largest absolute Gasteiger partial charge is 0.389 e. The van der Waals surface area contributed by atoms with Crippen molar-refractivity contribution in [1.29, 1.82) is 0 Å². The summed E-state index contributed by atoms with van der Waals surface area (Å²) in [7, 11) is 0. The second-order valence-electron chi connectivity index (χ2n) is 4.70. The summed E-state index contributed by atoms with van der Waals surface area (Å²) in [6.07, 6.45) is 4.61. The minimum absolute atomic E-state index is 0.259. The molecular formula is C13H18N4OS. The van der Waals surface area contributed by atoms with Gasteiger partial charge in [-0.15, -0.1) is 0 Å². The number of thiocarbonyl (C=S) groups is 1. The fourth-order valence-corrected chi connectivity index (χ4v) is 2.42. The van der Waals surface area contributed by atoms with E-state index in [1.165, 1.54) is 12.0 Å². The number of aryl methyl sites for hydroxylation is 2. The Bertz CT molecular complexity index is 516. The minimum Gasteiger partial charge on any atom is -0.389 e. The minimum atomic E-state index is -0.345. The van der Waals surface area contributed by atoms with E-state index in [1.54, 1.807) is 0 Å². The number of nitrogens with zero attached hydrogens (tertiary/aromatic N) is 1. The van der Waals surface area contributed by atoms with Crippen molar-refractivity contribution in [3.05, 3.63) is 22.9 Å². The predicted octanol–water partition coefficient (Wildman–Crippen LogP) is 0.882. The van der Waals surface area contributed by atoms with E-state index in [-0.39, 0.29) is 12.3 Å². The van der Waals surface area contributed by atoms with Crippen LogP contribution in [0.2, 0.25) is 0 Å². The lowest BCUT2D eigenvalue weighted by Gasteiger charge is -2.19. The van der Waals surface area contributed by atoms with Crippen molar-refractivity contribution >= 4 is 28.9 Å². The Morgan fingerprint density at radius 2 is 2.11 bits per heavy atom. The van der Waals surface area contributed by atoms with Gasteiger partial charge in [-0.05, 0) is 37.3 Å². The molecule has 1 heterocycles. The SMILES string of the molecule is NC(=O)CCNc1nc2c(cc1C(N)=S)CCCC2. The van der Waals surface area contributed by atoms with Crippen LogP contribution in [-0.4, -0.2) is 22.4 Å². The summed E-state index contributed by atoms with van der Waals surface area (Å²) in [4.78, 5) is 15.7. The van der Waals surface area contributed by atoms with Gasteiger partial charge in [0.05, 0.1) is 5.56 Å². The maximum atomic E-state index is 10.8. The molecule has 0 saturated carbocycles. The van der Waals surface area contributed by atoms with Crippen LogP contribution in [0.25, 0.3) is 0 Å². The molecule has 1 aromatic heterocycles. The second kappa shape index (κ2) is 5.97. The average Bonchev–Trinajstić information content (AvgIpc) is 2.37. The van der Waals surface area contributed by atoms with Crippen LogP contribution in [-0.2, 0) is 17.6 Å². The van der Waals surface area contributed by atoms with Crippen molar-refractivity contribution in [3.63, 3.8) is 0 Å². The van der Waals surface area contributed by atoms with Crippen molar-refractivity contribution in [1.82, 2.24) is 4.98 Å². The molecule has 0 fully saturated rings. The van der Waals surface area contributed by atoms with Crippen LogP contribution in [0, 0.1) is 0 Å². The number of amides is 1. The number of pyridine rings is 1. The molecule has 5 N–H and O–H groups in total. The first kappa shape index (κ1) is 13.7. The van der Waals surface area contributed by atoms with Gasteiger partial charge in [0.2, 0.25) is 5.91 Å². The molecule has 0 atom stereocenters. The summed E-state index contributed by atoms with van der Waals surface area (Å²) in [5, 5.41) is 3.10. The fourth-order valence-electron chi connectivity index (χ4n) is 2.26. The van der Waals surface area contributed by atoms with E-state index in [0.717, 1.165) is 30.5 Å².